The Morgan fingerprint density at radius 3 is 2.56 bits per heavy atom. The lowest BCUT2D eigenvalue weighted by Crippen LogP contribution is -2.15. The van der Waals surface area contributed by atoms with Crippen LogP contribution >= 0.6 is 34.7 Å². The highest BCUT2D eigenvalue weighted by Gasteiger charge is 2.22. The summed E-state index contributed by atoms with van der Waals surface area (Å²) < 4.78 is 2.79. The number of thiazole rings is 1. The van der Waals surface area contributed by atoms with Crippen molar-refractivity contribution in [1.82, 2.24) is 29.9 Å². The summed E-state index contributed by atoms with van der Waals surface area (Å²) in [4.78, 5) is 26.6. The third kappa shape index (κ3) is 5.53. The van der Waals surface area contributed by atoms with Crippen LogP contribution in [0.2, 0.25) is 5.02 Å². The van der Waals surface area contributed by atoms with Crippen molar-refractivity contribution in [2.75, 3.05) is 5.32 Å². The fraction of sp³-hybridized carbons (Fsp3) is 0.0714. The molecule has 0 radical (unpaired) electrons. The molecule has 0 atom stereocenters. The van der Waals surface area contributed by atoms with E-state index in [9.17, 15) is 4.79 Å². The average Bonchev–Trinajstić information content (AvgIpc) is 3.57. The van der Waals surface area contributed by atoms with Gasteiger partial charge in [-0.15, -0.1) is 16.4 Å². The summed E-state index contributed by atoms with van der Waals surface area (Å²) in [7, 11) is 0. The zero-order valence-electron chi connectivity index (χ0n) is 20.6. The van der Waals surface area contributed by atoms with Crippen LogP contribution in [-0.2, 0) is 5.75 Å². The number of nitrogens with zero attached hydrogens (tertiary/aromatic N) is 6. The van der Waals surface area contributed by atoms with E-state index < -0.39 is 0 Å². The van der Waals surface area contributed by atoms with Crippen LogP contribution in [-0.4, -0.2) is 35.9 Å². The smallest absolute Gasteiger partial charge is 0.278 e. The number of halogens is 1. The maximum Gasteiger partial charge on any atom is 0.278 e. The standard InChI is InChI=1S/C28H20ClN7OS2/c1-17-3-12-22-24(15-17)39-27(33-22)18-4-8-20(9-5-18)32-26(37)25-23(16-38-28-30-13-2-14-31-28)36(35-34-25)21-10-6-19(29)7-11-21/h2-15H,16H2,1H3,(H,32,37). The number of amides is 1. The van der Waals surface area contributed by atoms with Crippen LogP contribution in [0.1, 0.15) is 21.7 Å². The van der Waals surface area contributed by atoms with Gasteiger partial charge in [0.05, 0.1) is 21.6 Å². The SMILES string of the molecule is Cc1ccc2nc(-c3ccc(NC(=O)c4nnn(-c5ccc(Cl)cc5)c4CSc4ncccn4)cc3)sc2c1. The van der Waals surface area contributed by atoms with Gasteiger partial charge >= 0.3 is 0 Å². The molecule has 1 N–H and O–H groups in total. The molecule has 0 saturated carbocycles. The maximum atomic E-state index is 13.4. The Hall–Kier alpha value is -4.12. The number of rotatable bonds is 7. The molecular weight excluding hydrogens is 550 g/mol. The highest BCUT2D eigenvalue weighted by molar-refractivity contribution is 7.98. The van der Waals surface area contributed by atoms with Crippen molar-refractivity contribution in [2.45, 2.75) is 17.8 Å². The van der Waals surface area contributed by atoms with E-state index in [2.05, 4.69) is 44.7 Å². The number of carbonyl (C=O) groups is 1. The molecule has 8 nitrogen and oxygen atoms in total. The maximum absolute atomic E-state index is 13.4. The zero-order chi connectivity index (χ0) is 26.8. The lowest BCUT2D eigenvalue weighted by molar-refractivity contribution is 0.102. The Balaban J connectivity index is 1.25. The number of hydrogen-bond donors (Lipinski definition) is 1. The van der Waals surface area contributed by atoms with E-state index in [1.165, 1.54) is 17.3 Å². The minimum absolute atomic E-state index is 0.221. The topological polar surface area (TPSA) is 98.5 Å². The molecule has 0 bridgehead atoms. The number of hydrogen-bond acceptors (Lipinski definition) is 8. The molecule has 0 aliphatic heterocycles. The van der Waals surface area contributed by atoms with Crippen LogP contribution in [0.25, 0.3) is 26.5 Å². The van der Waals surface area contributed by atoms with Crippen molar-refractivity contribution in [3.63, 3.8) is 0 Å². The predicted octanol–water partition coefficient (Wildman–Crippen LogP) is 6.84. The second-order valence-electron chi connectivity index (χ2n) is 8.61. The second kappa shape index (κ2) is 10.9. The van der Waals surface area contributed by atoms with E-state index in [1.807, 2.05) is 42.5 Å². The summed E-state index contributed by atoms with van der Waals surface area (Å²) in [5.74, 6) is 0.0290. The van der Waals surface area contributed by atoms with E-state index in [1.54, 1.807) is 46.6 Å². The van der Waals surface area contributed by atoms with Gasteiger partial charge in [-0.05, 0) is 79.2 Å². The van der Waals surface area contributed by atoms with Crippen LogP contribution in [0.4, 0.5) is 5.69 Å². The molecule has 6 aromatic rings. The number of thioether (sulfide) groups is 1. The average molecular weight is 570 g/mol. The molecule has 0 saturated heterocycles. The number of aryl methyl sites for hydroxylation is 1. The molecule has 3 heterocycles. The molecule has 0 fully saturated rings. The summed E-state index contributed by atoms with van der Waals surface area (Å²) in [6.07, 6.45) is 3.35. The zero-order valence-corrected chi connectivity index (χ0v) is 23.0. The summed E-state index contributed by atoms with van der Waals surface area (Å²) >= 11 is 9.11. The molecule has 6 rings (SSSR count). The van der Waals surface area contributed by atoms with Crippen LogP contribution in [0, 0.1) is 6.92 Å². The highest BCUT2D eigenvalue weighted by Crippen LogP contribution is 2.31. The number of carbonyl (C=O) groups excluding carboxylic acids is 1. The van der Waals surface area contributed by atoms with E-state index in [-0.39, 0.29) is 11.6 Å². The van der Waals surface area contributed by atoms with Crippen molar-refractivity contribution in [3.05, 3.63) is 107 Å². The molecule has 1 amide bonds. The van der Waals surface area contributed by atoms with Crippen LogP contribution in [0.3, 0.4) is 0 Å². The van der Waals surface area contributed by atoms with Gasteiger partial charge < -0.3 is 5.32 Å². The van der Waals surface area contributed by atoms with Gasteiger partial charge in [-0.1, -0.05) is 34.6 Å². The van der Waals surface area contributed by atoms with Crippen LogP contribution < -0.4 is 5.32 Å². The van der Waals surface area contributed by atoms with Crippen molar-refractivity contribution >= 4 is 56.5 Å². The summed E-state index contributed by atoms with van der Waals surface area (Å²) in [5, 5.41) is 13.6. The molecule has 0 aliphatic rings. The predicted molar refractivity (Wildman–Crippen MR) is 156 cm³/mol. The lowest BCUT2D eigenvalue weighted by atomic mass is 10.2. The van der Waals surface area contributed by atoms with E-state index >= 15 is 0 Å². The third-order valence-corrected chi connectivity index (χ3v) is 8.07. The molecule has 0 spiro atoms. The Morgan fingerprint density at radius 1 is 1.03 bits per heavy atom. The lowest BCUT2D eigenvalue weighted by Gasteiger charge is -2.09. The second-order valence-corrected chi connectivity index (χ2v) is 11.0. The Morgan fingerprint density at radius 2 is 1.79 bits per heavy atom. The van der Waals surface area contributed by atoms with Gasteiger partial charge in [-0.2, -0.15) is 0 Å². The number of fused-ring (bicyclic) bond motifs is 1. The number of benzene rings is 3. The normalized spacial score (nSPS) is 11.1. The Bertz CT molecular complexity index is 1770. The van der Waals surface area contributed by atoms with Gasteiger partial charge in [0.25, 0.3) is 5.91 Å². The molecule has 39 heavy (non-hydrogen) atoms. The first-order valence-corrected chi connectivity index (χ1v) is 14.1. The molecule has 11 heteroatoms. The quantitative estimate of drug-likeness (QED) is 0.166. The van der Waals surface area contributed by atoms with Gasteiger partial charge in [-0.25, -0.2) is 19.6 Å². The molecular formula is C28H20ClN7OS2. The first kappa shape index (κ1) is 25.2. The highest BCUT2D eigenvalue weighted by atomic mass is 35.5. The Kier molecular flexibility index (Phi) is 7.06. The van der Waals surface area contributed by atoms with Crippen molar-refractivity contribution in [1.29, 1.82) is 0 Å². The minimum Gasteiger partial charge on any atom is -0.321 e. The third-order valence-electron chi connectivity index (χ3n) is 5.86. The Labute approximate surface area is 237 Å². The van der Waals surface area contributed by atoms with Gasteiger partial charge in [0.15, 0.2) is 10.9 Å². The summed E-state index contributed by atoms with van der Waals surface area (Å²) in [5.41, 5.74) is 5.40. The van der Waals surface area contributed by atoms with Gasteiger partial charge in [0.2, 0.25) is 0 Å². The van der Waals surface area contributed by atoms with E-state index in [0.717, 1.165) is 26.5 Å². The number of anilines is 1. The van der Waals surface area contributed by atoms with Crippen molar-refractivity contribution in [2.24, 2.45) is 0 Å². The fourth-order valence-corrected chi connectivity index (χ4v) is 5.92. The molecule has 3 aromatic carbocycles. The molecule has 192 valence electrons. The summed E-state index contributed by atoms with van der Waals surface area (Å²) in [6.45, 7) is 2.07. The molecule has 0 aliphatic carbocycles. The van der Waals surface area contributed by atoms with Gasteiger partial charge in [0, 0.05) is 34.4 Å². The van der Waals surface area contributed by atoms with Crippen molar-refractivity contribution in [3.8, 4) is 16.3 Å². The van der Waals surface area contributed by atoms with E-state index in [4.69, 9.17) is 16.6 Å². The summed E-state index contributed by atoms with van der Waals surface area (Å²) in [6, 6.07) is 22.8. The first-order chi connectivity index (χ1) is 19.0. The number of aromatic nitrogens is 6. The number of nitrogens with one attached hydrogen (secondary N) is 1. The first-order valence-electron chi connectivity index (χ1n) is 11.9. The fourth-order valence-electron chi connectivity index (χ4n) is 3.93. The molecule has 3 aromatic heterocycles. The van der Waals surface area contributed by atoms with Crippen molar-refractivity contribution < 1.29 is 4.79 Å². The van der Waals surface area contributed by atoms with Gasteiger partial charge in [0.1, 0.15) is 5.01 Å². The van der Waals surface area contributed by atoms with E-state index in [0.29, 0.717) is 27.3 Å². The largest absolute Gasteiger partial charge is 0.321 e. The van der Waals surface area contributed by atoms with Gasteiger partial charge in [-0.3, -0.25) is 4.79 Å². The molecule has 0 unspecified atom stereocenters. The van der Waals surface area contributed by atoms with Crippen LogP contribution in [0.5, 0.6) is 0 Å². The monoisotopic (exact) mass is 569 g/mol. The minimum atomic E-state index is -0.358. The van der Waals surface area contributed by atoms with Crippen LogP contribution in [0.15, 0.2) is 90.3 Å².